The molecule has 0 radical (unpaired) electrons. The Morgan fingerprint density at radius 2 is 1.77 bits per heavy atom. The highest BCUT2D eigenvalue weighted by atomic mass is 32.2. The molecule has 3 rings (SSSR count). The standard InChI is InChI=1S/C23H26N4O3S/c1-17-9-8-12-22(13-17)26(31(4,29)30)16-23(28)25-24-15-20-14-18(2)27(19(20)3)21-10-6-5-7-11-21/h5-15H,16H2,1-4H3,(H,25,28)/b24-15+. The molecule has 162 valence electrons. The summed E-state index contributed by atoms with van der Waals surface area (Å²) in [6.45, 7) is 5.48. The summed E-state index contributed by atoms with van der Waals surface area (Å²) in [5, 5.41) is 4.04. The number of aromatic nitrogens is 1. The Labute approximate surface area is 183 Å². The van der Waals surface area contributed by atoms with Crippen LogP contribution in [0.1, 0.15) is 22.5 Å². The number of amides is 1. The van der Waals surface area contributed by atoms with Crippen molar-refractivity contribution in [2.75, 3.05) is 17.1 Å². The molecular formula is C23H26N4O3S. The van der Waals surface area contributed by atoms with Crippen LogP contribution in [0.25, 0.3) is 5.69 Å². The van der Waals surface area contributed by atoms with Gasteiger partial charge < -0.3 is 4.57 Å². The maximum Gasteiger partial charge on any atom is 0.260 e. The lowest BCUT2D eigenvalue weighted by Crippen LogP contribution is -2.39. The van der Waals surface area contributed by atoms with Crippen molar-refractivity contribution in [3.05, 3.63) is 83.2 Å². The molecule has 0 aliphatic carbocycles. The molecule has 7 nitrogen and oxygen atoms in total. The number of aryl methyl sites for hydroxylation is 2. The number of anilines is 1. The predicted molar refractivity (Wildman–Crippen MR) is 124 cm³/mol. The van der Waals surface area contributed by atoms with E-state index in [9.17, 15) is 13.2 Å². The molecule has 1 heterocycles. The van der Waals surface area contributed by atoms with Gasteiger partial charge in [0, 0.05) is 22.6 Å². The van der Waals surface area contributed by atoms with Gasteiger partial charge in [-0.05, 0) is 56.7 Å². The first-order chi connectivity index (χ1) is 14.7. The average Bonchev–Trinajstić information content (AvgIpc) is 2.99. The van der Waals surface area contributed by atoms with Crippen molar-refractivity contribution >= 4 is 27.8 Å². The number of sulfonamides is 1. The Hall–Kier alpha value is -3.39. The first kappa shape index (κ1) is 22.3. The first-order valence-electron chi connectivity index (χ1n) is 9.77. The topological polar surface area (TPSA) is 83.8 Å². The summed E-state index contributed by atoms with van der Waals surface area (Å²) in [5.41, 5.74) is 7.70. The van der Waals surface area contributed by atoms with Crippen LogP contribution in [0.15, 0.2) is 65.8 Å². The van der Waals surface area contributed by atoms with E-state index in [1.165, 1.54) is 0 Å². The number of nitrogens with one attached hydrogen (secondary N) is 1. The van der Waals surface area contributed by atoms with E-state index >= 15 is 0 Å². The largest absolute Gasteiger partial charge is 0.318 e. The highest BCUT2D eigenvalue weighted by Gasteiger charge is 2.20. The molecule has 0 atom stereocenters. The maximum atomic E-state index is 12.4. The summed E-state index contributed by atoms with van der Waals surface area (Å²) in [7, 11) is -3.63. The molecule has 0 unspecified atom stereocenters. The van der Waals surface area contributed by atoms with E-state index in [-0.39, 0.29) is 6.54 Å². The van der Waals surface area contributed by atoms with Gasteiger partial charge >= 0.3 is 0 Å². The molecule has 8 heteroatoms. The number of para-hydroxylation sites is 1. The summed E-state index contributed by atoms with van der Waals surface area (Å²) in [6, 6.07) is 18.9. The van der Waals surface area contributed by atoms with Crippen molar-refractivity contribution in [2.45, 2.75) is 20.8 Å². The van der Waals surface area contributed by atoms with Crippen molar-refractivity contribution < 1.29 is 13.2 Å². The normalized spacial score (nSPS) is 11.6. The monoisotopic (exact) mass is 438 g/mol. The zero-order valence-corrected chi connectivity index (χ0v) is 18.8. The minimum absolute atomic E-state index is 0.358. The van der Waals surface area contributed by atoms with Gasteiger partial charge in [-0.15, -0.1) is 0 Å². The highest BCUT2D eigenvalue weighted by molar-refractivity contribution is 7.92. The Kier molecular flexibility index (Phi) is 6.60. The van der Waals surface area contributed by atoms with Gasteiger partial charge in [0.25, 0.3) is 5.91 Å². The van der Waals surface area contributed by atoms with Crippen molar-refractivity contribution in [2.24, 2.45) is 5.10 Å². The number of carbonyl (C=O) groups excluding carboxylic acids is 1. The van der Waals surface area contributed by atoms with Crippen LogP contribution in [-0.4, -0.2) is 37.9 Å². The molecule has 0 fully saturated rings. The third kappa shape index (κ3) is 5.40. The number of benzene rings is 2. The van der Waals surface area contributed by atoms with E-state index in [4.69, 9.17) is 0 Å². The average molecular weight is 439 g/mol. The van der Waals surface area contributed by atoms with Gasteiger partial charge in [0.05, 0.1) is 18.2 Å². The molecule has 0 aliphatic rings. The van der Waals surface area contributed by atoms with Gasteiger partial charge in [0.15, 0.2) is 0 Å². The molecule has 31 heavy (non-hydrogen) atoms. The quantitative estimate of drug-likeness (QED) is 0.454. The van der Waals surface area contributed by atoms with Crippen LogP contribution in [-0.2, 0) is 14.8 Å². The summed E-state index contributed by atoms with van der Waals surface area (Å²) < 4.78 is 27.6. The molecule has 0 saturated heterocycles. The summed E-state index contributed by atoms with van der Waals surface area (Å²) in [5.74, 6) is -0.528. The Balaban J connectivity index is 1.73. The van der Waals surface area contributed by atoms with Crippen LogP contribution in [0.5, 0.6) is 0 Å². The van der Waals surface area contributed by atoms with Crippen LogP contribution >= 0.6 is 0 Å². The number of carbonyl (C=O) groups is 1. The summed E-state index contributed by atoms with van der Waals surface area (Å²) in [4.78, 5) is 12.4. The number of hydrogen-bond donors (Lipinski definition) is 1. The maximum absolute atomic E-state index is 12.4. The van der Waals surface area contributed by atoms with Gasteiger partial charge in [-0.2, -0.15) is 5.10 Å². The molecule has 0 aliphatic heterocycles. The van der Waals surface area contributed by atoms with Gasteiger partial charge in [-0.25, -0.2) is 13.8 Å². The highest BCUT2D eigenvalue weighted by Crippen LogP contribution is 2.20. The Morgan fingerprint density at radius 3 is 2.42 bits per heavy atom. The lowest BCUT2D eigenvalue weighted by atomic mass is 10.2. The van der Waals surface area contributed by atoms with Crippen molar-refractivity contribution in [1.82, 2.24) is 9.99 Å². The molecule has 1 amide bonds. The fraction of sp³-hybridized carbons (Fsp3) is 0.217. The van der Waals surface area contributed by atoms with Crippen LogP contribution in [0.4, 0.5) is 5.69 Å². The van der Waals surface area contributed by atoms with E-state index in [1.807, 2.05) is 63.2 Å². The fourth-order valence-electron chi connectivity index (χ4n) is 3.42. The van der Waals surface area contributed by atoms with Gasteiger partial charge in [0.1, 0.15) is 6.54 Å². The molecular weight excluding hydrogens is 412 g/mol. The lowest BCUT2D eigenvalue weighted by molar-refractivity contribution is -0.119. The van der Waals surface area contributed by atoms with Gasteiger partial charge in [-0.1, -0.05) is 30.3 Å². The molecule has 1 aromatic heterocycles. The predicted octanol–water partition coefficient (Wildman–Crippen LogP) is 3.32. The van der Waals surface area contributed by atoms with E-state index < -0.39 is 15.9 Å². The van der Waals surface area contributed by atoms with E-state index in [0.717, 1.165) is 38.8 Å². The summed E-state index contributed by atoms with van der Waals surface area (Å²) >= 11 is 0. The molecule has 0 saturated carbocycles. The van der Waals surface area contributed by atoms with Gasteiger partial charge in [0.2, 0.25) is 10.0 Å². The van der Waals surface area contributed by atoms with Crippen LogP contribution in [0.3, 0.4) is 0 Å². The Morgan fingerprint density at radius 1 is 1.06 bits per heavy atom. The minimum Gasteiger partial charge on any atom is -0.318 e. The number of hydrogen-bond acceptors (Lipinski definition) is 4. The lowest BCUT2D eigenvalue weighted by Gasteiger charge is -2.21. The molecule has 1 N–H and O–H groups in total. The van der Waals surface area contributed by atoms with E-state index in [2.05, 4.69) is 15.1 Å². The van der Waals surface area contributed by atoms with Crippen LogP contribution in [0, 0.1) is 20.8 Å². The zero-order chi connectivity index (χ0) is 22.6. The number of rotatable bonds is 7. The SMILES string of the molecule is Cc1cccc(N(CC(=O)N/N=C/c2cc(C)n(-c3ccccc3)c2C)S(C)(=O)=O)c1. The summed E-state index contributed by atoms with van der Waals surface area (Å²) in [6.07, 6.45) is 2.64. The zero-order valence-electron chi connectivity index (χ0n) is 18.0. The molecule has 2 aromatic carbocycles. The molecule has 3 aromatic rings. The van der Waals surface area contributed by atoms with Crippen molar-refractivity contribution in [1.29, 1.82) is 0 Å². The molecule has 0 bridgehead atoms. The third-order valence-electron chi connectivity index (χ3n) is 4.85. The second-order valence-corrected chi connectivity index (χ2v) is 9.31. The van der Waals surface area contributed by atoms with Crippen LogP contribution in [0.2, 0.25) is 0 Å². The minimum atomic E-state index is -3.63. The van der Waals surface area contributed by atoms with E-state index in [1.54, 1.807) is 24.4 Å². The third-order valence-corrected chi connectivity index (χ3v) is 6.00. The fourth-order valence-corrected chi connectivity index (χ4v) is 4.26. The Bertz CT molecular complexity index is 1210. The van der Waals surface area contributed by atoms with Gasteiger partial charge in [-0.3, -0.25) is 9.10 Å². The first-order valence-corrected chi connectivity index (χ1v) is 11.6. The smallest absolute Gasteiger partial charge is 0.260 e. The second kappa shape index (κ2) is 9.18. The number of nitrogens with zero attached hydrogens (tertiary/aromatic N) is 3. The van der Waals surface area contributed by atoms with Crippen molar-refractivity contribution in [3.63, 3.8) is 0 Å². The molecule has 0 spiro atoms. The second-order valence-electron chi connectivity index (χ2n) is 7.40. The van der Waals surface area contributed by atoms with Crippen molar-refractivity contribution in [3.8, 4) is 5.69 Å². The number of hydrazone groups is 1. The van der Waals surface area contributed by atoms with Crippen LogP contribution < -0.4 is 9.73 Å². The van der Waals surface area contributed by atoms with E-state index in [0.29, 0.717) is 5.69 Å².